The minimum Gasteiger partial charge on any atom is -0.507 e. The maximum atomic E-state index is 12.8. The second-order valence-electron chi connectivity index (χ2n) is 5.29. The Kier molecular flexibility index (Phi) is 4.29. The van der Waals surface area contributed by atoms with E-state index in [1.807, 2.05) is 20.8 Å². The molecule has 0 saturated heterocycles. The highest BCUT2D eigenvalue weighted by Crippen LogP contribution is 2.21. The third-order valence-corrected chi connectivity index (χ3v) is 2.79. The van der Waals surface area contributed by atoms with Gasteiger partial charge in [0.2, 0.25) is 0 Å². The van der Waals surface area contributed by atoms with Crippen molar-refractivity contribution in [3.63, 3.8) is 0 Å². The molecule has 4 N–H and O–H groups in total. The summed E-state index contributed by atoms with van der Waals surface area (Å²) >= 11 is 0. The lowest BCUT2D eigenvalue weighted by atomic mass is 9.86. The Morgan fingerprint density at radius 3 is 2.56 bits per heavy atom. The summed E-state index contributed by atoms with van der Waals surface area (Å²) in [5, 5.41) is 12.3. The highest BCUT2D eigenvalue weighted by atomic mass is 19.1. The van der Waals surface area contributed by atoms with Crippen LogP contribution in [0, 0.1) is 11.2 Å². The fourth-order valence-electron chi connectivity index (χ4n) is 1.56. The van der Waals surface area contributed by atoms with Gasteiger partial charge in [0.25, 0.3) is 5.91 Å². The summed E-state index contributed by atoms with van der Waals surface area (Å²) in [7, 11) is 0. The maximum absolute atomic E-state index is 12.8. The third-order valence-electron chi connectivity index (χ3n) is 2.79. The summed E-state index contributed by atoms with van der Waals surface area (Å²) in [5.74, 6) is -1.43. The first kappa shape index (κ1) is 14.4. The minimum absolute atomic E-state index is 0.0408. The smallest absolute Gasteiger partial charge is 0.255 e. The van der Waals surface area contributed by atoms with Crippen molar-refractivity contribution in [2.75, 3.05) is 6.54 Å². The molecule has 1 unspecified atom stereocenters. The lowest BCUT2D eigenvalue weighted by Crippen LogP contribution is -2.48. The molecule has 0 saturated carbocycles. The number of nitrogens with two attached hydrogens (primary N) is 1. The van der Waals surface area contributed by atoms with E-state index in [0.29, 0.717) is 0 Å². The van der Waals surface area contributed by atoms with E-state index in [9.17, 15) is 14.3 Å². The molecule has 18 heavy (non-hydrogen) atoms. The minimum atomic E-state index is -0.588. The van der Waals surface area contributed by atoms with Crippen LogP contribution in [-0.4, -0.2) is 23.6 Å². The molecule has 0 aromatic heterocycles. The van der Waals surface area contributed by atoms with Crippen molar-refractivity contribution in [3.05, 3.63) is 29.6 Å². The quantitative estimate of drug-likeness (QED) is 0.767. The van der Waals surface area contributed by atoms with Gasteiger partial charge in [0.05, 0.1) is 5.56 Å². The molecule has 1 amide bonds. The van der Waals surface area contributed by atoms with Gasteiger partial charge in [0.15, 0.2) is 0 Å². The van der Waals surface area contributed by atoms with Crippen LogP contribution in [0.5, 0.6) is 5.75 Å². The monoisotopic (exact) mass is 254 g/mol. The summed E-state index contributed by atoms with van der Waals surface area (Å²) < 4.78 is 12.8. The zero-order valence-corrected chi connectivity index (χ0v) is 10.8. The third kappa shape index (κ3) is 3.43. The van der Waals surface area contributed by atoms with Gasteiger partial charge < -0.3 is 16.2 Å². The first-order valence-corrected chi connectivity index (χ1v) is 5.75. The molecular formula is C13H19FN2O2. The Balaban J connectivity index is 2.88. The Bertz CT molecular complexity index is 441. The van der Waals surface area contributed by atoms with E-state index in [2.05, 4.69) is 5.32 Å². The second kappa shape index (κ2) is 5.35. The van der Waals surface area contributed by atoms with Crippen LogP contribution in [0.4, 0.5) is 4.39 Å². The molecule has 100 valence electrons. The Hall–Kier alpha value is -1.62. The zero-order valence-electron chi connectivity index (χ0n) is 10.8. The van der Waals surface area contributed by atoms with Gasteiger partial charge in [0.1, 0.15) is 11.6 Å². The van der Waals surface area contributed by atoms with Crippen molar-refractivity contribution in [1.82, 2.24) is 5.32 Å². The van der Waals surface area contributed by atoms with Crippen LogP contribution in [0.1, 0.15) is 31.1 Å². The van der Waals surface area contributed by atoms with Crippen molar-refractivity contribution in [3.8, 4) is 5.75 Å². The Morgan fingerprint density at radius 1 is 1.50 bits per heavy atom. The molecule has 1 aromatic carbocycles. The van der Waals surface area contributed by atoms with Crippen LogP contribution in [0.25, 0.3) is 0 Å². The maximum Gasteiger partial charge on any atom is 0.255 e. The summed E-state index contributed by atoms with van der Waals surface area (Å²) in [6.45, 7) is 6.15. The molecule has 0 aliphatic rings. The molecule has 1 rings (SSSR count). The number of benzene rings is 1. The largest absolute Gasteiger partial charge is 0.507 e. The van der Waals surface area contributed by atoms with Gasteiger partial charge in [-0.15, -0.1) is 0 Å². The van der Waals surface area contributed by atoms with Crippen molar-refractivity contribution in [1.29, 1.82) is 0 Å². The number of carbonyl (C=O) groups is 1. The molecule has 0 bridgehead atoms. The van der Waals surface area contributed by atoms with Gasteiger partial charge in [-0.1, -0.05) is 20.8 Å². The normalized spacial score (nSPS) is 13.2. The lowest BCUT2D eigenvalue weighted by molar-refractivity contribution is 0.0902. The van der Waals surface area contributed by atoms with Gasteiger partial charge in [-0.25, -0.2) is 4.39 Å². The number of amides is 1. The first-order chi connectivity index (χ1) is 8.25. The number of hydrogen-bond acceptors (Lipinski definition) is 3. The number of halogens is 1. The Morgan fingerprint density at radius 2 is 2.11 bits per heavy atom. The molecule has 0 fully saturated rings. The van der Waals surface area contributed by atoms with Crippen LogP contribution in [-0.2, 0) is 0 Å². The molecule has 1 atom stereocenters. The van der Waals surface area contributed by atoms with E-state index < -0.39 is 11.7 Å². The highest BCUT2D eigenvalue weighted by Gasteiger charge is 2.26. The number of aromatic hydroxyl groups is 1. The average molecular weight is 254 g/mol. The SMILES string of the molecule is CC(C)(C)C(CN)NC(=O)c1ccc(F)cc1O. The molecule has 0 radical (unpaired) electrons. The fourth-order valence-corrected chi connectivity index (χ4v) is 1.56. The molecule has 4 nitrogen and oxygen atoms in total. The van der Waals surface area contributed by atoms with E-state index in [4.69, 9.17) is 5.73 Å². The number of carbonyl (C=O) groups excluding carboxylic acids is 1. The van der Waals surface area contributed by atoms with E-state index >= 15 is 0 Å². The molecular weight excluding hydrogens is 235 g/mol. The molecule has 5 heteroatoms. The van der Waals surface area contributed by atoms with E-state index in [-0.39, 0.29) is 29.3 Å². The zero-order chi connectivity index (χ0) is 13.9. The number of hydrogen-bond donors (Lipinski definition) is 3. The number of phenolic OH excluding ortho intramolecular Hbond substituents is 1. The van der Waals surface area contributed by atoms with Crippen LogP contribution < -0.4 is 11.1 Å². The number of phenols is 1. The van der Waals surface area contributed by atoms with Crippen molar-refractivity contribution >= 4 is 5.91 Å². The van der Waals surface area contributed by atoms with Gasteiger partial charge in [-0.2, -0.15) is 0 Å². The van der Waals surface area contributed by atoms with Gasteiger partial charge in [-0.3, -0.25) is 4.79 Å². The van der Waals surface area contributed by atoms with Crippen LogP contribution in [0.2, 0.25) is 0 Å². The molecule has 0 aliphatic heterocycles. The van der Waals surface area contributed by atoms with Crippen molar-refractivity contribution in [2.24, 2.45) is 11.1 Å². The number of rotatable bonds is 3. The van der Waals surface area contributed by atoms with Crippen molar-refractivity contribution < 1.29 is 14.3 Å². The van der Waals surface area contributed by atoms with Gasteiger partial charge in [-0.05, 0) is 17.5 Å². The molecule has 0 heterocycles. The van der Waals surface area contributed by atoms with Gasteiger partial charge in [0, 0.05) is 18.7 Å². The predicted molar refractivity (Wildman–Crippen MR) is 67.8 cm³/mol. The van der Waals surface area contributed by atoms with E-state index in [1.54, 1.807) is 0 Å². The van der Waals surface area contributed by atoms with Crippen LogP contribution >= 0.6 is 0 Å². The average Bonchev–Trinajstić information content (AvgIpc) is 2.23. The van der Waals surface area contributed by atoms with Crippen molar-refractivity contribution in [2.45, 2.75) is 26.8 Å². The topological polar surface area (TPSA) is 75.3 Å². The summed E-state index contributed by atoms with van der Waals surface area (Å²) in [6, 6.07) is 3.05. The fraction of sp³-hybridized carbons (Fsp3) is 0.462. The van der Waals surface area contributed by atoms with Gasteiger partial charge >= 0.3 is 0 Å². The summed E-state index contributed by atoms with van der Waals surface area (Å²) in [5.41, 5.74) is 5.46. The molecule has 0 aliphatic carbocycles. The molecule has 1 aromatic rings. The van der Waals surface area contributed by atoms with E-state index in [0.717, 1.165) is 12.1 Å². The summed E-state index contributed by atoms with van der Waals surface area (Å²) in [4.78, 5) is 11.9. The number of nitrogens with one attached hydrogen (secondary N) is 1. The Labute approximate surface area is 106 Å². The standard InChI is InChI=1S/C13H19FN2O2/c1-13(2,3)11(7-15)16-12(18)9-5-4-8(14)6-10(9)17/h4-6,11,17H,7,15H2,1-3H3,(H,16,18). The highest BCUT2D eigenvalue weighted by molar-refractivity contribution is 5.97. The van der Waals surface area contributed by atoms with E-state index in [1.165, 1.54) is 6.07 Å². The molecule has 0 spiro atoms. The lowest BCUT2D eigenvalue weighted by Gasteiger charge is -2.30. The predicted octanol–water partition coefficient (Wildman–Crippen LogP) is 1.63. The first-order valence-electron chi connectivity index (χ1n) is 5.75. The van der Waals surface area contributed by atoms with Crippen LogP contribution in [0.3, 0.4) is 0 Å². The second-order valence-corrected chi connectivity index (χ2v) is 5.29. The van der Waals surface area contributed by atoms with Crippen LogP contribution in [0.15, 0.2) is 18.2 Å². The summed E-state index contributed by atoms with van der Waals surface area (Å²) in [6.07, 6.45) is 0.